The molecule has 0 aliphatic carbocycles. The fourth-order valence-corrected chi connectivity index (χ4v) is 2.57. The normalized spacial score (nSPS) is 10.6. The van der Waals surface area contributed by atoms with Crippen LogP contribution in [-0.4, -0.2) is 32.0 Å². The molecule has 1 aromatic heterocycles. The number of rotatable bonds is 5. The van der Waals surface area contributed by atoms with Crippen LogP contribution in [0.1, 0.15) is 6.42 Å². The molecule has 0 radical (unpaired) electrons. The van der Waals surface area contributed by atoms with Crippen molar-refractivity contribution in [1.82, 2.24) is 15.2 Å². The number of aromatic nitrogens is 3. The molecule has 2 N–H and O–H groups in total. The van der Waals surface area contributed by atoms with Crippen LogP contribution in [0.25, 0.3) is 11.4 Å². The Morgan fingerprint density at radius 1 is 1.42 bits per heavy atom. The molecule has 8 heteroatoms. The van der Waals surface area contributed by atoms with Crippen LogP contribution in [0.3, 0.4) is 0 Å². The fraction of sp³-hybridized carbons (Fsp3) is 0.182. The molecule has 0 aliphatic rings. The smallest absolute Gasteiger partial charge is 0.304 e. The van der Waals surface area contributed by atoms with E-state index in [1.54, 1.807) is 18.2 Å². The Morgan fingerprint density at radius 3 is 2.89 bits per heavy atom. The highest BCUT2D eigenvalue weighted by Crippen LogP contribution is 2.29. The number of nitrogens with zero attached hydrogens (tertiary/aromatic N) is 2. The number of nitrogens with one attached hydrogen (secondary N) is 1. The molecule has 0 aliphatic heterocycles. The average Bonchev–Trinajstić information content (AvgIpc) is 2.77. The second-order valence-electron chi connectivity index (χ2n) is 3.58. The summed E-state index contributed by atoms with van der Waals surface area (Å²) in [6.45, 7) is 0. The van der Waals surface area contributed by atoms with Crippen molar-refractivity contribution in [3.63, 3.8) is 0 Å². The van der Waals surface area contributed by atoms with Gasteiger partial charge in [-0.1, -0.05) is 35.0 Å². The van der Waals surface area contributed by atoms with Crippen molar-refractivity contribution < 1.29 is 9.90 Å². The molecule has 0 saturated carbocycles. The van der Waals surface area contributed by atoms with Crippen LogP contribution in [0.5, 0.6) is 0 Å². The minimum atomic E-state index is -0.844. The Morgan fingerprint density at radius 2 is 2.21 bits per heavy atom. The summed E-state index contributed by atoms with van der Waals surface area (Å²) in [4.78, 5) is 14.6. The van der Waals surface area contributed by atoms with Crippen molar-refractivity contribution in [3.8, 4) is 11.4 Å². The van der Waals surface area contributed by atoms with Gasteiger partial charge in [0.1, 0.15) is 0 Å². The molecule has 0 unspecified atom stereocenters. The van der Waals surface area contributed by atoms with Gasteiger partial charge in [0.15, 0.2) is 5.82 Å². The zero-order valence-corrected chi connectivity index (χ0v) is 11.9. The summed E-state index contributed by atoms with van der Waals surface area (Å²) in [6.07, 6.45) is 0.0657. The molecule has 2 aromatic rings. The zero-order chi connectivity index (χ0) is 13.8. The second-order valence-corrected chi connectivity index (χ2v) is 5.49. The van der Waals surface area contributed by atoms with E-state index in [1.165, 1.54) is 11.8 Å². The minimum Gasteiger partial charge on any atom is -0.481 e. The van der Waals surface area contributed by atoms with Gasteiger partial charge in [-0.2, -0.15) is 0 Å². The molecule has 1 aromatic carbocycles. The SMILES string of the molecule is O=C(O)CCSc1n[nH]c(-c2ccc(Cl)cc2Cl)n1. The number of hydrogen-bond donors (Lipinski definition) is 2. The van der Waals surface area contributed by atoms with Gasteiger partial charge in [0.2, 0.25) is 5.16 Å². The minimum absolute atomic E-state index is 0.0657. The number of thioether (sulfide) groups is 1. The number of benzene rings is 1. The van der Waals surface area contributed by atoms with Crippen molar-refractivity contribution in [2.24, 2.45) is 0 Å². The Balaban J connectivity index is 2.10. The number of aliphatic carboxylic acids is 1. The lowest BCUT2D eigenvalue weighted by atomic mass is 10.2. The lowest BCUT2D eigenvalue weighted by molar-refractivity contribution is -0.136. The third-order valence-electron chi connectivity index (χ3n) is 2.20. The number of carboxylic acids is 1. The highest BCUT2D eigenvalue weighted by atomic mass is 35.5. The first-order chi connectivity index (χ1) is 9.06. The van der Waals surface area contributed by atoms with E-state index in [2.05, 4.69) is 15.2 Å². The van der Waals surface area contributed by atoms with E-state index in [4.69, 9.17) is 28.3 Å². The standard InChI is InChI=1S/C11H9Cl2N3O2S/c12-6-1-2-7(8(13)5-6)10-14-11(16-15-10)19-4-3-9(17)18/h1-2,5H,3-4H2,(H,17,18)(H,14,15,16). The van der Waals surface area contributed by atoms with Crippen LogP contribution in [-0.2, 0) is 4.79 Å². The number of halogens is 2. The van der Waals surface area contributed by atoms with Gasteiger partial charge in [0, 0.05) is 16.3 Å². The number of hydrogen-bond acceptors (Lipinski definition) is 4. The molecule has 2 rings (SSSR count). The van der Waals surface area contributed by atoms with Crippen LogP contribution >= 0.6 is 35.0 Å². The zero-order valence-electron chi connectivity index (χ0n) is 9.56. The fourth-order valence-electron chi connectivity index (χ4n) is 1.34. The Kier molecular flexibility index (Phi) is 4.68. The van der Waals surface area contributed by atoms with Crippen molar-refractivity contribution in [2.75, 3.05) is 5.75 Å². The lowest BCUT2D eigenvalue weighted by Gasteiger charge is -1.99. The molecule has 0 bridgehead atoms. The first kappa shape index (κ1) is 14.2. The van der Waals surface area contributed by atoms with Crippen LogP contribution in [0.2, 0.25) is 10.0 Å². The lowest BCUT2D eigenvalue weighted by Crippen LogP contribution is -1.95. The molecular formula is C11H9Cl2N3O2S. The summed E-state index contributed by atoms with van der Waals surface area (Å²) >= 11 is 13.1. The number of H-pyrrole nitrogens is 1. The molecular weight excluding hydrogens is 309 g/mol. The third kappa shape index (κ3) is 3.86. The molecule has 0 saturated heterocycles. The van der Waals surface area contributed by atoms with Gasteiger partial charge in [-0.15, -0.1) is 5.10 Å². The third-order valence-corrected chi connectivity index (χ3v) is 3.60. The van der Waals surface area contributed by atoms with Gasteiger partial charge in [-0.05, 0) is 18.2 Å². The van der Waals surface area contributed by atoms with Crippen LogP contribution < -0.4 is 0 Å². The predicted molar refractivity (Wildman–Crippen MR) is 74.8 cm³/mol. The van der Waals surface area contributed by atoms with Crippen LogP contribution in [0.4, 0.5) is 0 Å². The molecule has 0 atom stereocenters. The summed E-state index contributed by atoms with van der Waals surface area (Å²) in [5.41, 5.74) is 0.698. The first-order valence-corrected chi connectivity index (χ1v) is 7.03. The maximum absolute atomic E-state index is 10.4. The maximum atomic E-state index is 10.4. The van der Waals surface area contributed by atoms with Gasteiger partial charge in [0.25, 0.3) is 0 Å². The Hall–Kier alpha value is -1.24. The first-order valence-electron chi connectivity index (χ1n) is 5.28. The number of carbonyl (C=O) groups is 1. The van der Waals surface area contributed by atoms with Gasteiger partial charge in [-0.3, -0.25) is 9.89 Å². The monoisotopic (exact) mass is 317 g/mol. The summed E-state index contributed by atoms with van der Waals surface area (Å²) in [5, 5.41) is 16.8. The summed E-state index contributed by atoms with van der Waals surface area (Å²) in [6, 6.07) is 5.08. The van der Waals surface area contributed by atoms with E-state index in [9.17, 15) is 4.79 Å². The second kappa shape index (κ2) is 6.27. The van der Waals surface area contributed by atoms with Crippen LogP contribution in [0.15, 0.2) is 23.4 Å². The van der Waals surface area contributed by atoms with Gasteiger partial charge >= 0.3 is 5.97 Å². The van der Waals surface area contributed by atoms with E-state index in [0.29, 0.717) is 32.3 Å². The van der Waals surface area contributed by atoms with E-state index in [-0.39, 0.29) is 6.42 Å². The molecule has 0 fully saturated rings. The molecule has 19 heavy (non-hydrogen) atoms. The number of carboxylic acid groups (broad SMARTS) is 1. The van der Waals surface area contributed by atoms with Gasteiger partial charge < -0.3 is 5.11 Å². The summed E-state index contributed by atoms with van der Waals surface area (Å²) < 4.78 is 0. The van der Waals surface area contributed by atoms with Crippen molar-refractivity contribution in [1.29, 1.82) is 0 Å². The van der Waals surface area contributed by atoms with E-state index < -0.39 is 5.97 Å². The predicted octanol–water partition coefficient (Wildman–Crippen LogP) is 3.35. The summed E-state index contributed by atoms with van der Waals surface area (Å²) in [7, 11) is 0. The maximum Gasteiger partial charge on any atom is 0.304 e. The molecule has 1 heterocycles. The summed E-state index contributed by atoms with van der Waals surface area (Å²) in [5.74, 6) is 0.101. The quantitative estimate of drug-likeness (QED) is 0.827. The highest BCUT2D eigenvalue weighted by molar-refractivity contribution is 7.99. The van der Waals surface area contributed by atoms with Crippen molar-refractivity contribution in [2.45, 2.75) is 11.6 Å². The Bertz CT molecular complexity index is 603. The van der Waals surface area contributed by atoms with Crippen LogP contribution in [0, 0.1) is 0 Å². The molecule has 100 valence electrons. The van der Waals surface area contributed by atoms with Crippen molar-refractivity contribution in [3.05, 3.63) is 28.2 Å². The van der Waals surface area contributed by atoms with Gasteiger partial charge in [-0.25, -0.2) is 4.98 Å². The highest BCUT2D eigenvalue weighted by Gasteiger charge is 2.10. The van der Waals surface area contributed by atoms with Gasteiger partial charge in [0.05, 0.1) is 11.4 Å². The molecule has 0 amide bonds. The largest absolute Gasteiger partial charge is 0.481 e. The molecule has 0 spiro atoms. The average molecular weight is 318 g/mol. The van der Waals surface area contributed by atoms with E-state index in [0.717, 1.165) is 0 Å². The molecule has 5 nitrogen and oxygen atoms in total. The van der Waals surface area contributed by atoms with E-state index >= 15 is 0 Å². The van der Waals surface area contributed by atoms with Crippen molar-refractivity contribution >= 4 is 40.9 Å². The number of aromatic amines is 1. The Labute approximate surface area is 123 Å². The van der Waals surface area contributed by atoms with E-state index in [1.807, 2.05) is 0 Å². The topological polar surface area (TPSA) is 78.9 Å².